The van der Waals surface area contributed by atoms with Crippen molar-refractivity contribution in [3.05, 3.63) is 18.0 Å². The van der Waals surface area contributed by atoms with Gasteiger partial charge < -0.3 is 10.0 Å². The van der Waals surface area contributed by atoms with Gasteiger partial charge >= 0.3 is 0 Å². The molecule has 6 nitrogen and oxygen atoms in total. The molecule has 0 aliphatic carbocycles. The van der Waals surface area contributed by atoms with Crippen LogP contribution in [0.3, 0.4) is 0 Å². The number of aliphatic hydroxyl groups excluding tert-OH is 1. The van der Waals surface area contributed by atoms with Crippen molar-refractivity contribution in [2.75, 3.05) is 39.3 Å². The molecule has 1 aromatic rings. The molecule has 128 valence electrons. The molecule has 0 radical (unpaired) electrons. The molecule has 2 aliphatic heterocycles. The van der Waals surface area contributed by atoms with Crippen LogP contribution in [-0.2, 0) is 11.8 Å². The number of hydrogen-bond donors (Lipinski definition) is 1. The fourth-order valence-corrected chi connectivity index (χ4v) is 3.78. The molecule has 3 heterocycles. The number of rotatable bonds is 4. The van der Waals surface area contributed by atoms with Gasteiger partial charge in [-0.3, -0.25) is 14.4 Å². The molecule has 0 aromatic carbocycles. The van der Waals surface area contributed by atoms with Crippen molar-refractivity contribution in [1.82, 2.24) is 19.6 Å². The SMILES string of the molecule is CC1CCN(CC(=O)N2C[C@@H](CO)[C@H](c3cnn(C)c3)C2)CC1. The van der Waals surface area contributed by atoms with E-state index in [1.165, 1.54) is 12.8 Å². The Morgan fingerprint density at radius 3 is 2.70 bits per heavy atom. The normalized spacial score (nSPS) is 26.8. The van der Waals surface area contributed by atoms with Crippen molar-refractivity contribution in [2.45, 2.75) is 25.7 Å². The van der Waals surface area contributed by atoms with Gasteiger partial charge in [-0.2, -0.15) is 5.10 Å². The molecule has 1 N–H and O–H groups in total. The van der Waals surface area contributed by atoms with Crippen molar-refractivity contribution in [1.29, 1.82) is 0 Å². The van der Waals surface area contributed by atoms with E-state index >= 15 is 0 Å². The summed E-state index contributed by atoms with van der Waals surface area (Å²) in [5.41, 5.74) is 1.12. The van der Waals surface area contributed by atoms with Gasteiger partial charge in [-0.05, 0) is 37.4 Å². The first-order chi connectivity index (χ1) is 11.1. The lowest BCUT2D eigenvalue weighted by molar-refractivity contribution is -0.131. The number of piperidine rings is 1. The number of aliphatic hydroxyl groups is 1. The minimum absolute atomic E-state index is 0.115. The molecule has 1 amide bonds. The first-order valence-electron chi connectivity index (χ1n) is 8.66. The Morgan fingerprint density at radius 2 is 2.09 bits per heavy atom. The molecule has 0 unspecified atom stereocenters. The largest absolute Gasteiger partial charge is 0.396 e. The van der Waals surface area contributed by atoms with Crippen LogP contribution in [0.5, 0.6) is 0 Å². The Hall–Kier alpha value is -1.40. The molecular formula is C17H28N4O2. The summed E-state index contributed by atoms with van der Waals surface area (Å²) < 4.78 is 1.78. The van der Waals surface area contributed by atoms with E-state index in [2.05, 4.69) is 16.9 Å². The van der Waals surface area contributed by atoms with Crippen molar-refractivity contribution >= 4 is 5.91 Å². The van der Waals surface area contributed by atoms with E-state index in [9.17, 15) is 9.90 Å². The van der Waals surface area contributed by atoms with Gasteiger partial charge in [0.1, 0.15) is 0 Å². The molecule has 2 atom stereocenters. The van der Waals surface area contributed by atoms with Gasteiger partial charge in [-0.15, -0.1) is 0 Å². The maximum absolute atomic E-state index is 12.6. The lowest BCUT2D eigenvalue weighted by Crippen LogP contribution is -2.42. The average molecular weight is 320 g/mol. The number of carbonyl (C=O) groups excluding carboxylic acids is 1. The monoisotopic (exact) mass is 320 g/mol. The summed E-state index contributed by atoms with van der Waals surface area (Å²) >= 11 is 0. The highest BCUT2D eigenvalue weighted by molar-refractivity contribution is 5.78. The van der Waals surface area contributed by atoms with E-state index in [4.69, 9.17) is 0 Å². The molecule has 2 fully saturated rings. The van der Waals surface area contributed by atoms with E-state index in [1.54, 1.807) is 4.68 Å². The molecule has 0 spiro atoms. The number of hydrogen-bond acceptors (Lipinski definition) is 4. The van der Waals surface area contributed by atoms with Gasteiger partial charge in [0.2, 0.25) is 5.91 Å². The van der Waals surface area contributed by atoms with Crippen LogP contribution in [0, 0.1) is 11.8 Å². The van der Waals surface area contributed by atoms with Crippen LogP contribution in [0.4, 0.5) is 0 Å². The lowest BCUT2D eigenvalue weighted by atomic mass is 9.92. The molecule has 6 heteroatoms. The summed E-state index contributed by atoms with van der Waals surface area (Å²) in [6, 6.07) is 0. The summed E-state index contributed by atoms with van der Waals surface area (Å²) in [4.78, 5) is 16.8. The topological polar surface area (TPSA) is 61.6 Å². The van der Waals surface area contributed by atoms with E-state index in [-0.39, 0.29) is 24.3 Å². The molecule has 2 aliphatic rings. The predicted octanol–water partition coefficient (Wildman–Crippen LogP) is 0.686. The summed E-state index contributed by atoms with van der Waals surface area (Å²) in [6.45, 7) is 6.31. The van der Waals surface area contributed by atoms with Gasteiger partial charge in [0.15, 0.2) is 0 Å². The Morgan fingerprint density at radius 1 is 1.35 bits per heavy atom. The highest BCUT2D eigenvalue weighted by Crippen LogP contribution is 2.32. The van der Waals surface area contributed by atoms with Crippen molar-refractivity contribution in [3.8, 4) is 0 Å². The number of aryl methyl sites for hydroxylation is 1. The summed E-state index contributed by atoms with van der Waals surface area (Å²) in [5.74, 6) is 1.29. The van der Waals surface area contributed by atoms with Gasteiger partial charge in [0, 0.05) is 44.8 Å². The standard InChI is InChI=1S/C17H28N4O2/c1-13-3-5-20(6-4-13)11-17(23)21-9-15(12-22)16(10-21)14-7-18-19(2)8-14/h7-8,13,15-16,22H,3-6,9-12H2,1-2H3/t15-,16-/m0/s1. The molecule has 1 aromatic heterocycles. The Balaban J connectivity index is 1.59. The quantitative estimate of drug-likeness (QED) is 0.886. The second kappa shape index (κ2) is 7.01. The highest BCUT2D eigenvalue weighted by atomic mass is 16.3. The molecule has 23 heavy (non-hydrogen) atoms. The lowest BCUT2D eigenvalue weighted by Gasteiger charge is -2.31. The minimum Gasteiger partial charge on any atom is -0.396 e. The maximum atomic E-state index is 12.6. The maximum Gasteiger partial charge on any atom is 0.236 e. The molecule has 0 saturated carbocycles. The van der Waals surface area contributed by atoms with Crippen molar-refractivity contribution in [3.63, 3.8) is 0 Å². The summed E-state index contributed by atoms with van der Waals surface area (Å²) in [7, 11) is 1.90. The molecule has 0 bridgehead atoms. The van der Waals surface area contributed by atoms with Crippen molar-refractivity contribution in [2.24, 2.45) is 18.9 Å². The number of nitrogens with zero attached hydrogens (tertiary/aromatic N) is 4. The number of aromatic nitrogens is 2. The third-order valence-electron chi connectivity index (χ3n) is 5.42. The Kier molecular flexibility index (Phi) is 5.02. The van der Waals surface area contributed by atoms with Gasteiger partial charge in [-0.1, -0.05) is 6.92 Å². The third-order valence-corrected chi connectivity index (χ3v) is 5.42. The molecule has 3 rings (SSSR count). The zero-order chi connectivity index (χ0) is 16.4. The zero-order valence-corrected chi connectivity index (χ0v) is 14.2. The van der Waals surface area contributed by atoms with Gasteiger partial charge in [0.25, 0.3) is 0 Å². The first kappa shape index (κ1) is 16.5. The Labute approximate surface area is 138 Å². The third kappa shape index (κ3) is 3.75. The molecular weight excluding hydrogens is 292 g/mol. The number of amides is 1. The van der Waals surface area contributed by atoms with Crippen LogP contribution in [0.2, 0.25) is 0 Å². The van der Waals surface area contributed by atoms with E-state index in [1.807, 2.05) is 24.3 Å². The van der Waals surface area contributed by atoms with Crippen LogP contribution < -0.4 is 0 Å². The fraction of sp³-hybridized carbons (Fsp3) is 0.765. The second-order valence-corrected chi connectivity index (χ2v) is 7.25. The predicted molar refractivity (Wildman–Crippen MR) is 87.9 cm³/mol. The molecule has 2 saturated heterocycles. The van der Waals surface area contributed by atoms with Crippen LogP contribution in [0.25, 0.3) is 0 Å². The van der Waals surface area contributed by atoms with E-state index in [0.29, 0.717) is 19.6 Å². The van der Waals surface area contributed by atoms with Crippen LogP contribution in [-0.4, -0.2) is 69.9 Å². The first-order valence-corrected chi connectivity index (χ1v) is 8.66. The van der Waals surface area contributed by atoms with Crippen molar-refractivity contribution < 1.29 is 9.90 Å². The van der Waals surface area contributed by atoms with Crippen LogP contribution in [0.1, 0.15) is 31.2 Å². The smallest absolute Gasteiger partial charge is 0.236 e. The van der Waals surface area contributed by atoms with Crippen LogP contribution in [0.15, 0.2) is 12.4 Å². The highest BCUT2D eigenvalue weighted by Gasteiger charge is 2.36. The van der Waals surface area contributed by atoms with Gasteiger partial charge in [-0.25, -0.2) is 0 Å². The van der Waals surface area contributed by atoms with Crippen LogP contribution >= 0.6 is 0 Å². The van der Waals surface area contributed by atoms with Gasteiger partial charge in [0.05, 0.1) is 12.7 Å². The summed E-state index contributed by atoms with van der Waals surface area (Å²) in [5, 5.41) is 13.9. The van der Waals surface area contributed by atoms with E-state index in [0.717, 1.165) is 24.6 Å². The number of carbonyl (C=O) groups is 1. The zero-order valence-electron chi connectivity index (χ0n) is 14.2. The summed E-state index contributed by atoms with van der Waals surface area (Å²) in [6.07, 6.45) is 6.22. The average Bonchev–Trinajstić information content (AvgIpc) is 3.15. The minimum atomic E-state index is 0.115. The Bertz CT molecular complexity index is 536. The number of likely N-dealkylation sites (tertiary alicyclic amines) is 2. The van der Waals surface area contributed by atoms with E-state index < -0.39 is 0 Å². The fourth-order valence-electron chi connectivity index (χ4n) is 3.78. The second-order valence-electron chi connectivity index (χ2n) is 7.25.